The summed E-state index contributed by atoms with van der Waals surface area (Å²) in [7, 11) is 0. The van der Waals surface area contributed by atoms with Gasteiger partial charge in [0.05, 0.1) is 6.42 Å². The second-order valence-corrected chi connectivity index (χ2v) is 4.67. The molecule has 0 aliphatic rings. The maximum absolute atomic E-state index is 11.8. The molecular formula is C14H19NO3. The minimum atomic E-state index is -0.963. The molecule has 0 saturated carbocycles. The van der Waals surface area contributed by atoms with E-state index in [1.54, 1.807) is 6.92 Å². The molecule has 0 heterocycles. The van der Waals surface area contributed by atoms with E-state index in [1.807, 2.05) is 32.9 Å². The smallest absolute Gasteiger partial charge is 0.304 e. The summed E-state index contributed by atoms with van der Waals surface area (Å²) in [5, 5.41) is 11.4. The number of benzene rings is 1. The molecule has 0 aromatic heterocycles. The number of amides is 1. The van der Waals surface area contributed by atoms with Crippen LogP contribution < -0.4 is 5.32 Å². The Morgan fingerprint density at radius 1 is 1.22 bits per heavy atom. The topological polar surface area (TPSA) is 66.4 Å². The fraction of sp³-hybridized carbons (Fsp3) is 0.429. The minimum Gasteiger partial charge on any atom is -0.481 e. The number of anilines is 1. The zero-order valence-corrected chi connectivity index (χ0v) is 11.2. The fourth-order valence-electron chi connectivity index (χ4n) is 1.70. The molecule has 4 heteroatoms. The highest BCUT2D eigenvalue weighted by Gasteiger charge is 2.17. The Kier molecular flexibility index (Phi) is 4.48. The number of aliphatic carboxylic acids is 1. The van der Waals surface area contributed by atoms with Gasteiger partial charge in [0.2, 0.25) is 5.91 Å². The molecule has 1 aromatic carbocycles. The SMILES string of the molecule is Cc1ccc(NC(=O)C(C)CC(=O)O)c(C)c1C. The average Bonchev–Trinajstić information content (AvgIpc) is 2.29. The van der Waals surface area contributed by atoms with E-state index in [4.69, 9.17) is 5.11 Å². The number of hydrogen-bond donors (Lipinski definition) is 2. The van der Waals surface area contributed by atoms with Crippen molar-refractivity contribution < 1.29 is 14.7 Å². The standard InChI is InChI=1S/C14H19NO3/c1-8-5-6-12(11(4)10(8)3)15-14(18)9(2)7-13(16)17/h5-6,9H,7H2,1-4H3,(H,15,18)(H,16,17). The van der Waals surface area contributed by atoms with E-state index in [0.29, 0.717) is 0 Å². The van der Waals surface area contributed by atoms with Crippen LogP contribution in [0.1, 0.15) is 30.0 Å². The highest BCUT2D eigenvalue weighted by Crippen LogP contribution is 2.22. The van der Waals surface area contributed by atoms with Crippen LogP contribution in [0.5, 0.6) is 0 Å². The van der Waals surface area contributed by atoms with Crippen molar-refractivity contribution in [2.24, 2.45) is 5.92 Å². The van der Waals surface area contributed by atoms with E-state index in [1.165, 1.54) is 5.56 Å². The van der Waals surface area contributed by atoms with Crippen LogP contribution in [0, 0.1) is 26.7 Å². The van der Waals surface area contributed by atoms with E-state index < -0.39 is 11.9 Å². The Morgan fingerprint density at radius 2 is 1.83 bits per heavy atom. The Morgan fingerprint density at radius 3 is 2.39 bits per heavy atom. The van der Waals surface area contributed by atoms with Crippen molar-refractivity contribution in [1.82, 2.24) is 0 Å². The lowest BCUT2D eigenvalue weighted by atomic mass is 10.0. The van der Waals surface area contributed by atoms with Crippen LogP contribution in [-0.4, -0.2) is 17.0 Å². The molecule has 0 aliphatic carbocycles. The van der Waals surface area contributed by atoms with Gasteiger partial charge in [0.1, 0.15) is 0 Å². The van der Waals surface area contributed by atoms with Crippen molar-refractivity contribution in [2.45, 2.75) is 34.1 Å². The fourth-order valence-corrected chi connectivity index (χ4v) is 1.70. The number of carbonyl (C=O) groups is 2. The van der Waals surface area contributed by atoms with E-state index in [2.05, 4.69) is 5.32 Å². The van der Waals surface area contributed by atoms with E-state index in [9.17, 15) is 9.59 Å². The molecule has 2 N–H and O–H groups in total. The van der Waals surface area contributed by atoms with Gasteiger partial charge in [-0.1, -0.05) is 13.0 Å². The lowest BCUT2D eigenvalue weighted by Crippen LogP contribution is -2.23. The summed E-state index contributed by atoms with van der Waals surface area (Å²) in [4.78, 5) is 22.4. The van der Waals surface area contributed by atoms with Gasteiger partial charge in [-0.15, -0.1) is 0 Å². The van der Waals surface area contributed by atoms with Crippen LogP contribution in [0.4, 0.5) is 5.69 Å². The minimum absolute atomic E-state index is 0.157. The van der Waals surface area contributed by atoms with Crippen LogP contribution >= 0.6 is 0 Å². The summed E-state index contributed by atoms with van der Waals surface area (Å²) < 4.78 is 0. The molecule has 1 unspecified atom stereocenters. The van der Waals surface area contributed by atoms with Crippen LogP contribution in [0.25, 0.3) is 0 Å². The maximum Gasteiger partial charge on any atom is 0.304 e. The Labute approximate surface area is 107 Å². The third-order valence-electron chi connectivity index (χ3n) is 3.24. The Balaban J connectivity index is 2.82. The molecule has 0 bridgehead atoms. The van der Waals surface area contributed by atoms with Gasteiger partial charge in [-0.05, 0) is 43.5 Å². The van der Waals surface area contributed by atoms with E-state index in [0.717, 1.165) is 16.8 Å². The third kappa shape index (κ3) is 3.32. The molecule has 0 radical (unpaired) electrons. The van der Waals surface area contributed by atoms with E-state index in [-0.39, 0.29) is 12.3 Å². The molecular weight excluding hydrogens is 230 g/mol. The average molecular weight is 249 g/mol. The third-order valence-corrected chi connectivity index (χ3v) is 3.24. The van der Waals surface area contributed by atoms with Crippen molar-refractivity contribution in [3.05, 3.63) is 28.8 Å². The predicted octanol–water partition coefficient (Wildman–Crippen LogP) is 2.66. The summed E-state index contributed by atoms with van der Waals surface area (Å²) in [5.41, 5.74) is 4.08. The number of carboxylic acid groups (broad SMARTS) is 1. The summed E-state index contributed by atoms with van der Waals surface area (Å²) in [6, 6.07) is 3.79. The molecule has 98 valence electrons. The maximum atomic E-state index is 11.8. The van der Waals surface area contributed by atoms with Crippen molar-refractivity contribution >= 4 is 17.6 Å². The van der Waals surface area contributed by atoms with Crippen molar-refractivity contribution in [3.8, 4) is 0 Å². The van der Waals surface area contributed by atoms with Gasteiger partial charge in [-0.2, -0.15) is 0 Å². The first-order valence-corrected chi connectivity index (χ1v) is 5.92. The molecule has 1 aromatic rings. The van der Waals surface area contributed by atoms with Crippen molar-refractivity contribution in [2.75, 3.05) is 5.32 Å². The van der Waals surface area contributed by atoms with Crippen LogP contribution in [-0.2, 0) is 9.59 Å². The van der Waals surface area contributed by atoms with Crippen LogP contribution in [0.2, 0.25) is 0 Å². The molecule has 0 fully saturated rings. The van der Waals surface area contributed by atoms with Crippen molar-refractivity contribution in [3.63, 3.8) is 0 Å². The van der Waals surface area contributed by atoms with Gasteiger partial charge in [0.15, 0.2) is 0 Å². The molecule has 1 atom stereocenters. The molecule has 0 saturated heterocycles. The zero-order valence-electron chi connectivity index (χ0n) is 11.2. The highest BCUT2D eigenvalue weighted by atomic mass is 16.4. The monoisotopic (exact) mass is 249 g/mol. The number of nitrogens with one attached hydrogen (secondary N) is 1. The van der Waals surface area contributed by atoms with Gasteiger partial charge < -0.3 is 10.4 Å². The van der Waals surface area contributed by atoms with Crippen LogP contribution in [0.15, 0.2) is 12.1 Å². The van der Waals surface area contributed by atoms with E-state index >= 15 is 0 Å². The molecule has 0 aliphatic heterocycles. The normalized spacial score (nSPS) is 12.0. The first-order chi connectivity index (χ1) is 8.32. The highest BCUT2D eigenvalue weighted by molar-refractivity contribution is 5.94. The van der Waals surface area contributed by atoms with Gasteiger partial charge in [0.25, 0.3) is 0 Å². The molecule has 4 nitrogen and oxygen atoms in total. The predicted molar refractivity (Wildman–Crippen MR) is 70.7 cm³/mol. The largest absolute Gasteiger partial charge is 0.481 e. The molecule has 0 spiro atoms. The summed E-state index contributed by atoms with van der Waals surface area (Å²) >= 11 is 0. The molecule has 1 rings (SSSR count). The van der Waals surface area contributed by atoms with Gasteiger partial charge in [-0.3, -0.25) is 9.59 Å². The Hall–Kier alpha value is -1.84. The number of carboxylic acids is 1. The van der Waals surface area contributed by atoms with Gasteiger partial charge >= 0.3 is 5.97 Å². The number of carbonyl (C=O) groups excluding carboxylic acids is 1. The van der Waals surface area contributed by atoms with Gasteiger partial charge in [0, 0.05) is 11.6 Å². The first kappa shape index (κ1) is 14.2. The van der Waals surface area contributed by atoms with Gasteiger partial charge in [-0.25, -0.2) is 0 Å². The molecule has 18 heavy (non-hydrogen) atoms. The zero-order chi connectivity index (χ0) is 13.9. The number of rotatable bonds is 4. The summed E-state index contributed by atoms with van der Waals surface area (Å²) in [5.74, 6) is -1.76. The lowest BCUT2D eigenvalue weighted by Gasteiger charge is -2.14. The van der Waals surface area contributed by atoms with Crippen LogP contribution in [0.3, 0.4) is 0 Å². The number of hydrogen-bond acceptors (Lipinski definition) is 2. The second kappa shape index (κ2) is 5.67. The quantitative estimate of drug-likeness (QED) is 0.862. The number of aryl methyl sites for hydroxylation is 1. The van der Waals surface area contributed by atoms with Crippen molar-refractivity contribution in [1.29, 1.82) is 0 Å². The Bertz CT molecular complexity index is 480. The summed E-state index contributed by atoms with van der Waals surface area (Å²) in [6.07, 6.45) is -0.157. The lowest BCUT2D eigenvalue weighted by molar-refractivity contribution is -0.139. The molecule has 1 amide bonds. The second-order valence-electron chi connectivity index (χ2n) is 4.67. The summed E-state index contributed by atoms with van der Waals surface area (Å²) in [6.45, 7) is 7.57. The first-order valence-electron chi connectivity index (χ1n) is 5.92.